The highest BCUT2D eigenvalue weighted by Gasteiger charge is 2.68. The molecule has 3 fully saturated rings. The summed E-state index contributed by atoms with van der Waals surface area (Å²) in [5, 5.41) is 17.3. The van der Waals surface area contributed by atoms with Crippen LogP contribution in [0.25, 0.3) is 20.7 Å². The van der Waals surface area contributed by atoms with E-state index in [0.29, 0.717) is 37.8 Å². The summed E-state index contributed by atoms with van der Waals surface area (Å²) >= 11 is 9.95. The van der Waals surface area contributed by atoms with Crippen molar-refractivity contribution >= 4 is 90.7 Å². The second-order valence-electron chi connectivity index (χ2n) is 15.5. The Morgan fingerprint density at radius 3 is 2.46 bits per heavy atom. The number of carbonyl (C=O) groups is 4. The van der Waals surface area contributed by atoms with Gasteiger partial charge in [0.15, 0.2) is 11.5 Å². The Morgan fingerprint density at radius 2 is 1.75 bits per heavy atom. The molecule has 56 heavy (non-hydrogen) atoms. The molecule has 2 aliphatic heterocycles. The lowest BCUT2D eigenvalue weighted by Gasteiger charge is -2.49. The predicted molar refractivity (Wildman–Crippen MR) is 224 cm³/mol. The van der Waals surface area contributed by atoms with Crippen molar-refractivity contribution in [3.63, 3.8) is 0 Å². The number of aryl methyl sites for hydroxylation is 3. The number of allylic oxidation sites excluding steroid dienone is 2. The molecule has 5 aromatic rings. The van der Waals surface area contributed by atoms with E-state index in [4.69, 9.17) is 21.4 Å². The highest BCUT2D eigenvalue weighted by molar-refractivity contribution is 14.1. The molecule has 2 saturated heterocycles. The molecule has 286 valence electrons. The zero-order valence-corrected chi connectivity index (χ0v) is 35.0. The summed E-state index contributed by atoms with van der Waals surface area (Å²) in [4.78, 5) is 62.3. The fourth-order valence-corrected chi connectivity index (χ4v) is 11.8. The average molecular weight is 901 g/mol. The number of phenols is 1. The van der Waals surface area contributed by atoms with Crippen LogP contribution in [-0.2, 0) is 32.6 Å². The van der Waals surface area contributed by atoms with Gasteiger partial charge in [-0.25, -0.2) is 4.90 Å². The Morgan fingerprint density at radius 1 is 1.00 bits per heavy atom. The number of halogens is 2. The normalized spacial score (nSPS) is 25.8. The number of hydrogen-bond acceptors (Lipinski definition) is 8. The number of nitrogens with zero attached hydrogens (tertiary/aromatic N) is 4. The van der Waals surface area contributed by atoms with Crippen molar-refractivity contribution in [2.24, 2.45) is 36.1 Å². The number of phenolic OH excluding ortho intramolecular Hbond substituents is 1. The number of rotatable bonds is 6. The van der Waals surface area contributed by atoms with Crippen LogP contribution in [0.15, 0.2) is 72.3 Å². The second-order valence-corrected chi connectivity index (χ2v) is 18.1. The fourth-order valence-electron chi connectivity index (χ4n) is 9.88. The van der Waals surface area contributed by atoms with Crippen LogP contribution < -0.4 is 14.5 Å². The minimum absolute atomic E-state index is 0.0263. The molecule has 6 atom stereocenters. The van der Waals surface area contributed by atoms with E-state index < -0.39 is 35.0 Å². The van der Waals surface area contributed by atoms with E-state index in [1.54, 1.807) is 35.2 Å². The molecule has 4 amide bonds. The molecule has 10 nitrogen and oxygen atoms in total. The first-order chi connectivity index (χ1) is 26.8. The number of imide groups is 2. The molecule has 0 bridgehead atoms. The predicted octanol–water partition coefficient (Wildman–Crippen LogP) is 8.58. The molecule has 4 heterocycles. The maximum atomic E-state index is 15.2. The lowest BCUT2D eigenvalue weighted by molar-refractivity contribution is -0.131. The minimum atomic E-state index is -1.28. The van der Waals surface area contributed by atoms with Gasteiger partial charge in [0.05, 0.1) is 44.4 Å². The van der Waals surface area contributed by atoms with Gasteiger partial charge in [-0.05, 0) is 126 Å². The molecule has 9 rings (SSSR count). The lowest BCUT2D eigenvalue weighted by Crippen LogP contribution is -2.49. The monoisotopic (exact) mass is 900 g/mol. The van der Waals surface area contributed by atoms with Gasteiger partial charge in [0.2, 0.25) is 23.6 Å². The van der Waals surface area contributed by atoms with Gasteiger partial charge in [-0.3, -0.25) is 28.8 Å². The number of aromatic hydroxyl groups is 1. The van der Waals surface area contributed by atoms with Gasteiger partial charge in [-0.1, -0.05) is 42.3 Å². The first-order valence-electron chi connectivity index (χ1n) is 18.6. The van der Waals surface area contributed by atoms with Crippen molar-refractivity contribution in [1.82, 2.24) is 9.78 Å². The first-order valence-corrected chi connectivity index (χ1v) is 20.9. The summed E-state index contributed by atoms with van der Waals surface area (Å²) in [5.41, 5.74) is 3.52. The number of hydrogen-bond donors (Lipinski definition) is 1. The minimum Gasteiger partial charge on any atom is -0.504 e. The fraction of sp³-hybridized carbons (Fsp3) is 0.326. The van der Waals surface area contributed by atoms with E-state index in [9.17, 15) is 19.5 Å². The van der Waals surface area contributed by atoms with Crippen LogP contribution in [0.3, 0.4) is 0 Å². The van der Waals surface area contributed by atoms with E-state index in [1.165, 1.54) is 16.9 Å². The Kier molecular flexibility index (Phi) is 8.79. The summed E-state index contributed by atoms with van der Waals surface area (Å²) in [6, 6.07) is 18.6. The Hall–Kier alpha value is -4.53. The zero-order valence-electron chi connectivity index (χ0n) is 31.3. The van der Waals surface area contributed by atoms with Crippen LogP contribution in [0.2, 0.25) is 5.02 Å². The van der Waals surface area contributed by atoms with Gasteiger partial charge in [-0.2, -0.15) is 5.10 Å². The van der Waals surface area contributed by atoms with Crippen LogP contribution in [0, 0.1) is 39.6 Å². The zero-order chi connectivity index (χ0) is 39.5. The highest BCUT2D eigenvalue weighted by atomic mass is 127. The molecule has 4 aliphatic rings. The van der Waals surface area contributed by atoms with Crippen molar-refractivity contribution in [2.45, 2.75) is 46.0 Å². The average Bonchev–Trinajstić information content (AvgIpc) is 3.86. The number of benzene rings is 3. The Labute approximate surface area is 346 Å². The van der Waals surface area contributed by atoms with Crippen LogP contribution in [0.1, 0.15) is 49.3 Å². The number of methoxy groups -OCH3 is 1. The van der Waals surface area contributed by atoms with E-state index in [0.717, 1.165) is 38.1 Å². The van der Waals surface area contributed by atoms with Crippen molar-refractivity contribution in [3.05, 3.63) is 97.6 Å². The Balaban J connectivity index is 1.16. The standard InChI is InChI=1S/C43H38ClIN4O6S/c1-6-21-7-10-24(11-8-21)48-39(51)26-13-12-25-28(35(26)41(48)53)18-29-40(52)49(42(54)43(29,3)36(25)22-15-30(45)37(50)32(16-22)55-5)34-19-31(46-47(34)4)38-20(2)27-17-23(44)9-14-33(27)56-38/h7-12,14-17,19,26,28-29,35-36,50H,6,13,18H2,1-5H3/t26-,28+,29-,35-,36-,43+/m0/s1. The molecule has 1 saturated carbocycles. The molecule has 3 aromatic carbocycles. The van der Waals surface area contributed by atoms with Crippen molar-refractivity contribution in [1.29, 1.82) is 0 Å². The quantitative estimate of drug-likeness (QED) is 0.103. The summed E-state index contributed by atoms with van der Waals surface area (Å²) < 4.78 is 8.74. The summed E-state index contributed by atoms with van der Waals surface area (Å²) in [6.07, 6.45) is 3.40. The number of anilines is 2. The third-order valence-electron chi connectivity index (χ3n) is 12.7. The maximum Gasteiger partial charge on any atom is 0.242 e. The summed E-state index contributed by atoms with van der Waals surface area (Å²) in [5.74, 6) is -4.00. The molecule has 0 radical (unpaired) electrons. The smallest absolute Gasteiger partial charge is 0.242 e. The number of ether oxygens (including phenoxy) is 1. The highest BCUT2D eigenvalue weighted by Crippen LogP contribution is 2.64. The number of thiophene rings is 1. The third kappa shape index (κ3) is 5.20. The van der Waals surface area contributed by atoms with Crippen molar-refractivity contribution in [3.8, 4) is 22.1 Å². The van der Waals surface area contributed by atoms with Crippen molar-refractivity contribution < 1.29 is 29.0 Å². The van der Waals surface area contributed by atoms with E-state index in [-0.39, 0.29) is 41.5 Å². The molecule has 0 spiro atoms. The van der Waals surface area contributed by atoms with Crippen LogP contribution in [-0.4, -0.2) is 45.6 Å². The molecule has 2 aromatic heterocycles. The largest absolute Gasteiger partial charge is 0.504 e. The van der Waals surface area contributed by atoms with Gasteiger partial charge in [0.25, 0.3) is 0 Å². The van der Waals surface area contributed by atoms with Gasteiger partial charge < -0.3 is 9.84 Å². The molecule has 1 N–H and O–H groups in total. The number of fused-ring (bicyclic) bond motifs is 5. The number of amides is 4. The van der Waals surface area contributed by atoms with Gasteiger partial charge in [0.1, 0.15) is 11.5 Å². The van der Waals surface area contributed by atoms with Gasteiger partial charge >= 0.3 is 0 Å². The first kappa shape index (κ1) is 37.1. The molecule has 0 unspecified atom stereocenters. The number of aromatic nitrogens is 2. The SMILES string of the molecule is CCc1ccc(N2C(=O)[C@H]3[C@H](CC=C4[C@H]3C[C@H]3C(=O)N(c5cc(-c6sc7ccc(Cl)cc7c6C)nn5C)C(=O)[C@@]3(C)[C@H]4c3cc(I)c(O)c(OC)c3)C2=O)cc1. The van der Waals surface area contributed by atoms with Gasteiger partial charge in [0, 0.05) is 28.8 Å². The molecule has 2 aliphatic carbocycles. The van der Waals surface area contributed by atoms with Crippen LogP contribution >= 0.6 is 45.5 Å². The summed E-state index contributed by atoms with van der Waals surface area (Å²) in [6.45, 7) is 5.91. The molecule has 13 heteroatoms. The van der Waals surface area contributed by atoms with E-state index >= 15 is 4.79 Å². The van der Waals surface area contributed by atoms with Gasteiger partial charge in [-0.15, -0.1) is 11.3 Å². The summed E-state index contributed by atoms with van der Waals surface area (Å²) in [7, 11) is 3.20. The second kappa shape index (κ2) is 13.3. The molecular formula is C43H38ClIN4O6S. The third-order valence-corrected chi connectivity index (χ3v) is 15.0. The number of carbonyl (C=O) groups excluding carboxylic acids is 4. The maximum absolute atomic E-state index is 15.2. The lowest BCUT2D eigenvalue weighted by atomic mass is 9.51. The molecular weight excluding hydrogens is 863 g/mol. The van der Waals surface area contributed by atoms with E-state index in [1.807, 2.05) is 98.0 Å². The van der Waals surface area contributed by atoms with Crippen LogP contribution in [0.4, 0.5) is 11.5 Å². The van der Waals surface area contributed by atoms with Crippen molar-refractivity contribution in [2.75, 3.05) is 16.9 Å². The van der Waals surface area contributed by atoms with E-state index in [2.05, 4.69) is 0 Å². The van der Waals surface area contributed by atoms with Crippen LogP contribution in [0.5, 0.6) is 11.5 Å². The topological polar surface area (TPSA) is 122 Å². The Bertz CT molecular complexity index is 2580.